The molecule has 10 heteroatoms. The zero-order chi connectivity index (χ0) is 17.6. The Hall–Kier alpha value is -1.91. The number of nitrogens with one attached hydrogen (secondary N) is 2. The summed E-state index contributed by atoms with van der Waals surface area (Å²) in [5, 5.41) is 20.5. The van der Waals surface area contributed by atoms with Crippen molar-refractivity contribution >= 4 is 51.3 Å². The summed E-state index contributed by atoms with van der Waals surface area (Å²) < 4.78 is 5.68. The van der Waals surface area contributed by atoms with Crippen molar-refractivity contribution in [3.05, 3.63) is 34.2 Å². The zero-order valence-corrected chi connectivity index (χ0v) is 16.1. The third kappa shape index (κ3) is 5.28. The lowest BCUT2D eigenvalue weighted by Gasteiger charge is -2.07. The SMILES string of the molecule is Cc1cc(NC(=O)C(C)Sc2nnc(NCCc3cccs3)s2)no1. The van der Waals surface area contributed by atoms with E-state index in [0.29, 0.717) is 11.6 Å². The van der Waals surface area contributed by atoms with Gasteiger partial charge in [-0.15, -0.1) is 21.5 Å². The van der Waals surface area contributed by atoms with Crippen molar-refractivity contribution in [2.24, 2.45) is 0 Å². The summed E-state index contributed by atoms with van der Waals surface area (Å²) in [6, 6.07) is 5.84. The van der Waals surface area contributed by atoms with Crippen LogP contribution < -0.4 is 10.6 Å². The van der Waals surface area contributed by atoms with E-state index in [1.807, 2.05) is 13.0 Å². The molecule has 0 aliphatic rings. The second kappa shape index (κ2) is 8.45. The van der Waals surface area contributed by atoms with Crippen LogP contribution in [0.5, 0.6) is 0 Å². The van der Waals surface area contributed by atoms with Gasteiger partial charge < -0.3 is 15.2 Å². The standard InChI is InChI=1S/C15H17N5O2S3/c1-9-8-12(20-22-9)17-13(21)10(2)24-15-19-18-14(25-15)16-6-5-11-4-3-7-23-11/h3-4,7-8,10H,5-6H2,1-2H3,(H,16,18)(H,17,20,21). The first-order valence-corrected chi connectivity index (χ1v) is 10.2. The molecular weight excluding hydrogens is 378 g/mol. The van der Waals surface area contributed by atoms with Crippen molar-refractivity contribution in [2.75, 3.05) is 17.2 Å². The lowest BCUT2D eigenvalue weighted by Crippen LogP contribution is -2.22. The van der Waals surface area contributed by atoms with Crippen molar-refractivity contribution in [3.63, 3.8) is 0 Å². The Morgan fingerprint density at radius 1 is 1.44 bits per heavy atom. The maximum atomic E-state index is 12.2. The molecule has 0 radical (unpaired) electrons. The Labute approximate surface area is 157 Å². The second-order valence-electron chi connectivity index (χ2n) is 5.20. The summed E-state index contributed by atoms with van der Waals surface area (Å²) in [6.45, 7) is 4.40. The van der Waals surface area contributed by atoms with Crippen molar-refractivity contribution in [3.8, 4) is 0 Å². The monoisotopic (exact) mass is 395 g/mol. The van der Waals surface area contributed by atoms with E-state index in [1.54, 1.807) is 24.3 Å². The minimum absolute atomic E-state index is 0.152. The second-order valence-corrected chi connectivity index (χ2v) is 8.80. The number of aryl methyl sites for hydroxylation is 1. The summed E-state index contributed by atoms with van der Waals surface area (Å²) in [4.78, 5) is 13.5. The number of thiophene rings is 1. The molecule has 7 nitrogen and oxygen atoms in total. The topological polar surface area (TPSA) is 92.9 Å². The molecule has 25 heavy (non-hydrogen) atoms. The van der Waals surface area contributed by atoms with Crippen LogP contribution in [0.3, 0.4) is 0 Å². The highest BCUT2D eigenvalue weighted by Crippen LogP contribution is 2.29. The van der Waals surface area contributed by atoms with Crippen LogP contribution in [0.25, 0.3) is 0 Å². The highest BCUT2D eigenvalue weighted by atomic mass is 32.2. The number of carbonyl (C=O) groups is 1. The number of hydrogen-bond donors (Lipinski definition) is 2. The molecule has 2 N–H and O–H groups in total. The fourth-order valence-corrected chi connectivity index (χ4v) is 4.56. The molecule has 0 saturated heterocycles. The van der Waals surface area contributed by atoms with Crippen molar-refractivity contribution in [2.45, 2.75) is 29.9 Å². The average Bonchev–Trinajstić information content (AvgIpc) is 3.31. The minimum atomic E-state index is -0.316. The first-order chi connectivity index (χ1) is 12.1. The molecule has 1 amide bonds. The predicted molar refractivity (Wildman–Crippen MR) is 102 cm³/mol. The maximum Gasteiger partial charge on any atom is 0.238 e. The summed E-state index contributed by atoms with van der Waals surface area (Å²) in [5.41, 5.74) is 0. The molecule has 1 unspecified atom stereocenters. The number of rotatable bonds is 8. The van der Waals surface area contributed by atoms with E-state index in [2.05, 4.69) is 37.4 Å². The highest BCUT2D eigenvalue weighted by Gasteiger charge is 2.18. The van der Waals surface area contributed by atoms with Gasteiger partial charge in [-0.25, -0.2) is 0 Å². The highest BCUT2D eigenvalue weighted by molar-refractivity contribution is 8.02. The molecule has 0 fully saturated rings. The summed E-state index contributed by atoms with van der Waals surface area (Å²) in [5.74, 6) is 0.918. The Morgan fingerprint density at radius 2 is 2.32 bits per heavy atom. The summed E-state index contributed by atoms with van der Waals surface area (Å²) in [6.07, 6.45) is 0.954. The van der Waals surface area contributed by atoms with Crippen LogP contribution in [0.1, 0.15) is 17.6 Å². The number of hydrogen-bond acceptors (Lipinski definition) is 9. The van der Waals surface area contributed by atoms with E-state index in [4.69, 9.17) is 4.52 Å². The Bertz CT molecular complexity index is 815. The maximum absolute atomic E-state index is 12.2. The lowest BCUT2D eigenvalue weighted by molar-refractivity contribution is -0.115. The Morgan fingerprint density at radius 3 is 3.04 bits per heavy atom. The molecule has 3 aromatic rings. The van der Waals surface area contributed by atoms with Gasteiger partial charge in [-0.05, 0) is 31.7 Å². The molecule has 3 rings (SSSR count). The molecular formula is C15H17N5O2S3. The quantitative estimate of drug-likeness (QED) is 0.562. The van der Waals surface area contributed by atoms with Crippen molar-refractivity contribution < 1.29 is 9.32 Å². The third-order valence-corrected chi connectivity index (χ3v) is 6.16. The van der Waals surface area contributed by atoms with E-state index in [0.717, 1.165) is 22.4 Å². The summed E-state index contributed by atoms with van der Waals surface area (Å²) >= 11 is 4.56. The van der Waals surface area contributed by atoms with Gasteiger partial charge in [-0.3, -0.25) is 4.79 Å². The lowest BCUT2D eigenvalue weighted by atomic mass is 10.3. The number of amides is 1. The number of nitrogens with zero attached hydrogens (tertiary/aromatic N) is 3. The molecule has 3 aromatic heterocycles. The third-order valence-electron chi connectivity index (χ3n) is 3.16. The smallest absolute Gasteiger partial charge is 0.238 e. The normalized spacial score (nSPS) is 12.1. The van der Waals surface area contributed by atoms with Gasteiger partial charge in [-0.2, -0.15) is 0 Å². The number of anilines is 2. The largest absolute Gasteiger partial charge is 0.360 e. The van der Waals surface area contributed by atoms with Gasteiger partial charge in [-0.1, -0.05) is 34.3 Å². The van der Waals surface area contributed by atoms with Gasteiger partial charge in [0.25, 0.3) is 0 Å². The van der Waals surface area contributed by atoms with Crippen LogP contribution in [0, 0.1) is 6.92 Å². The van der Waals surface area contributed by atoms with E-state index < -0.39 is 0 Å². The van der Waals surface area contributed by atoms with Crippen molar-refractivity contribution in [1.29, 1.82) is 0 Å². The van der Waals surface area contributed by atoms with Gasteiger partial charge in [0, 0.05) is 17.5 Å². The fourth-order valence-electron chi connectivity index (χ4n) is 1.93. The molecule has 0 bridgehead atoms. The van der Waals surface area contributed by atoms with E-state index in [9.17, 15) is 4.79 Å². The van der Waals surface area contributed by atoms with Gasteiger partial charge in [0.1, 0.15) is 5.76 Å². The zero-order valence-electron chi connectivity index (χ0n) is 13.7. The molecule has 1 atom stereocenters. The fraction of sp³-hybridized carbons (Fsp3) is 0.333. The molecule has 0 spiro atoms. The molecule has 132 valence electrons. The number of carbonyl (C=O) groups excluding carboxylic acids is 1. The molecule has 0 aliphatic carbocycles. The van der Waals surface area contributed by atoms with Crippen LogP contribution in [0.15, 0.2) is 32.4 Å². The Kier molecular flexibility index (Phi) is 6.05. The Balaban J connectivity index is 1.45. The summed E-state index contributed by atoms with van der Waals surface area (Å²) in [7, 11) is 0. The van der Waals surface area contributed by atoms with Crippen LogP contribution in [-0.2, 0) is 11.2 Å². The van der Waals surface area contributed by atoms with Gasteiger partial charge in [0.2, 0.25) is 11.0 Å². The first-order valence-electron chi connectivity index (χ1n) is 7.61. The van der Waals surface area contributed by atoms with E-state index in [1.165, 1.54) is 28.0 Å². The van der Waals surface area contributed by atoms with Gasteiger partial charge in [0.05, 0.1) is 5.25 Å². The number of thioether (sulfide) groups is 1. The predicted octanol–water partition coefficient (Wildman–Crippen LogP) is 3.67. The molecule has 0 aromatic carbocycles. The molecule has 0 aliphatic heterocycles. The average molecular weight is 396 g/mol. The number of aromatic nitrogens is 3. The van der Waals surface area contributed by atoms with Crippen LogP contribution in [-0.4, -0.2) is 33.1 Å². The van der Waals surface area contributed by atoms with Crippen LogP contribution >= 0.6 is 34.4 Å². The minimum Gasteiger partial charge on any atom is -0.360 e. The first kappa shape index (κ1) is 17.9. The molecule has 3 heterocycles. The van der Waals surface area contributed by atoms with Crippen molar-refractivity contribution in [1.82, 2.24) is 15.4 Å². The van der Waals surface area contributed by atoms with E-state index in [-0.39, 0.29) is 11.2 Å². The van der Waals surface area contributed by atoms with E-state index >= 15 is 0 Å². The molecule has 0 saturated carbocycles. The van der Waals surface area contributed by atoms with Crippen LogP contribution in [0.2, 0.25) is 0 Å². The van der Waals surface area contributed by atoms with Crippen LogP contribution in [0.4, 0.5) is 10.9 Å². The van der Waals surface area contributed by atoms with Gasteiger partial charge in [0.15, 0.2) is 10.2 Å². The van der Waals surface area contributed by atoms with Gasteiger partial charge >= 0.3 is 0 Å².